The highest BCUT2D eigenvalue weighted by molar-refractivity contribution is 5.79. The van der Waals surface area contributed by atoms with Crippen LogP contribution in [0.5, 0.6) is 0 Å². The number of ketones is 1. The minimum atomic E-state index is -0.580. The number of methoxy groups -OCH3 is 1. The molecule has 0 rings (SSSR count). The number of hydrogen-bond acceptors (Lipinski definition) is 4. The van der Waals surface area contributed by atoms with E-state index >= 15 is 0 Å². The van der Waals surface area contributed by atoms with E-state index in [2.05, 4.69) is 6.58 Å². The van der Waals surface area contributed by atoms with Crippen molar-refractivity contribution in [1.82, 2.24) is 0 Å². The summed E-state index contributed by atoms with van der Waals surface area (Å²) in [4.78, 5) is 23.1. The number of allylic oxidation sites excluding steroid dienone is 1. The van der Waals surface area contributed by atoms with Crippen molar-refractivity contribution >= 4 is 11.8 Å². The van der Waals surface area contributed by atoms with Gasteiger partial charge in [-0.2, -0.15) is 0 Å². The van der Waals surface area contributed by atoms with E-state index in [-0.39, 0.29) is 18.3 Å². The van der Waals surface area contributed by atoms with Crippen LogP contribution in [0.2, 0.25) is 0 Å². The molecular weight excluding hydrogens is 280 g/mol. The second-order valence-electron chi connectivity index (χ2n) is 5.80. The Labute approximate surface area is 135 Å². The normalized spacial score (nSPS) is 13.4. The number of ether oxygens (including phenoxy) is 2. The molecule has 0 amide bonds. The van der Waals surface area contributed by atoms with Crippen molar-refractivity contribution in [2.24, 2.45) is 5.92 Å². The van der Waals surface area contributed by atoms with Crippen LogP contribution in [0.3, 0.4) is 0 Å². The van der Waals surface area contributed by atoms with E-state index in [1.807, 2.05) is 6.08 Å². The molecular formula is C18H32O4. The Morgan fingerprint density at radius 2 is 1.68 bits per heavy atom. The molecule has 0 aromatic heterocycles. The number of carbonyl (C=O) groups excluding carboxylic acids is 2. The Morgan fingerprint density at radius 1 is 1.09 bits per heavy atom. The standard InChI is InChI=1S/C18H32O4/c1-5-6-7-8-9-10-11-12-13-17(15(2)19)14-22-18(20)16(3)21-4/h5,16-17H,1,6-14H2,2-4H3. The molecule has 0 saturated heterocycles. The molecule has 4 nitrogen and oxygen atoms in total. The molecule has 0 aliphatic carbocycles. The van der Waals surface area contributed by atoms with Gasteiger partial charge in [-0.1, -0.05) is 38.2 Å². The van der Waals surface area contributed by atoms with E-state index in [1.165, 1.54) is 32.8 Å². The van der Waals surface area contributed by atoms with Gasteiger partial charge >= 0.3 is 5.97 Å². The summed E-state index contributed by atoms with van der Waals surface area (Å²) >= 11 is 0. The number of carbonyl (C=O) groups is 2. The first kappa shape index (κ1) is 20.8. The third-order valence-electron chi connectivity index (χ3n) is 3.90. The molecule has 2 atom stereocenters. The van der Waals surface area contributed by atoms with Crippen molar-refractivity contribution < 1.29 is 19.1 Å². The summed E-state index contributed by atoms with van der Waals surface area (Å²) in [6.07, 6.45) is 10.3. The Kier molecular flexibility index (Phi) is 12.8. The van der Waals surface area contributed by atoms with Gasteiger partial charge in [-0.15, -0.1) is 6.58 Å². The predicted octanol–water partition coefficient (Wildman–Crippen LogP) is 4.08. The van der Waals surface area contributed by atoms with Crippen LogP contribution in [0, 0.1) is 5.92 Å². The van der Waals surface area contributed by atoms with Gasteiger partial charge in [0.1, 0.15) is 12.4 Å². The van der Waals surface area contributed by atoms with Crippen LogP contribution < -0.4 is 0 Å². The quantitative estimate of drug-likeness (QED) is 0.275. The lowest BCUT2D eigenvalue weighted by atomic mass is 9.97. The smallest absolute Gasteiger partial charge is 0.334 e. The summed E-state index contributed by atoms with van der Waals surface area (Å²) in [7, 11) is 1.46. The molecule has 0 spiro atoms. The number of esters is 1. The zero-order chi connectivity index (χ0) is 16.8. The second-order valence-corrected chi connectivity index (χ2v) is 5.80. The summed E-state index contributed by atoms with van der Waals surface area (Å²) in [6.45, 7) is 7.08. The van der Waals surface area contributed by atoms with Crippen LogP contribution in [-0.4, -0.2) is 31.6 Å². The van der Waals surface area contributed by atoms with Crippen LogP contribution in [0.25, 0.3) is 0 Å². The van der Waals surface area contributed by atoms with Gasteiger partial charge in [-0.3, -0.25) is 4.79 Å². The van der Waals surface area contributed by atoms with Crippen molar-refractivity contribution in [2.75, 3.05) is 13.7 Å². The number of rotatable bonds is 14. The van der Waals surface area contributed by atoms with E-state index in [0.717, 1.165) is 25.7 Å². The van der Waals surface area contributed by atoms with Gasteiger partial charge < -0.3 is 9.47 Å². The highest BCUT2D eigenvalue weighted by Gasteiger charge is 2.19. The van der Waals surface area contributed by atoms with Crippen LogP contribution in [0.15, 0.2) is 12.7 Å². The van der Waals surface area contributed by atoms with E-state index in [1.54, 1.807) is 13.8 Å². The van der Waals surface area contributed by atoms with Gasteiger partial charge in [-0.25, -0.2) is 4.79 Å². The molecule has 22 heavy (non-hydrogen) atoms. The topological polar surface area (TPSA) is 52.6 Å². The largest absolute Gasteiger partial charge is 0.463 e. The zero-order valence-corrected chi connectivity index (χ0v) is 14.4. The Balaban J connectivity index is 3.80. The third-order valence-corrected chi connectivity index (χ3v) is 3.90. The SMILES string of the molecule is C=CCCCCCCCCC(COC(=O)C(C)OC)C(C)=O. The first-order chi connectivity index (χ1) is 10.5. The number of hydrogen-bond donors (Lipinski definition) is 0. The van der Waals surface area contributed by atoms with Gasteiger partial charge in [0.15, 0.2) is 6.10 Å². The van der Waals surface area contributed by atoms with Gasteiger partial charge in [0, 0.05) is 7.11 Å². The molecule has 0 fully saturated rings. The molecule has 2 unspecified atom stereocenters. The monoisotopic (exact) mass is 312 g/mol. The molecule has 0 aromatic carbocycles. The average Bonchev–Trinajstić information content (AvgIpc) is 2.51. The highest BCUT2D eigenvalue weighted by Crippen LogP contribution is 2.14. The molecule has 128 valence electrons. The lowest BCUT2D eigenvalue weighted by Crippen LogP contribution is -2.26. The van der Waals surface area contributed by atoms with Crippen molar-refractivity contribution in [1.29, 1.82) is 0 Å². The average molecular weight is 312 g/mol. The third kappa shape index (κ3) is 10.6. The lowest BCUT2D eigenvalue weighted by molar-refractivity contribution is -0.156. The number of Topliss-reactive ketones (excluding diaryl/α,β-unsaturated/α-hetero) is 1. The molecule has 0 aliphatic heterocycles. The summed E-state index contributed by atoms with van der Waals surface area (Å²) in [6, 6.07) is 0. The summed E-state index contributed by atoms with van der Waals surface area (Å²) in [5.74, 6) is -0.506. The molecule has 0 aromatic rings. The lowest BCUT2D eigenvalue weighted by Gasteiger charge is -2.16. The molecule has 0 saturated carbocycles. The van der Waals surface area contributed by atoms with E-state index in [4.69, 9.17) is 9.47 Å². The van der Waals surface area contributed by atoms with Crippen LogP contribution in [-0.2, 0) is 19.1 Å². The van der Waals surface area contributed by atoms with Crippen molar-refractivity contribution in [2.45, 2.75) is 71.3 Å². The van der Waals surface area contributed by atoms with Gasteiger partial charge in [0.2, 0.25) is 0 Å². The fraction of sp³-hybridized carbons (Fsp3) is 0.778. The molecule has 0 radical (unpaired) electrons. The molecule has 0 bridgehead atoms. The highest BCUT2D eigenvalue weighted by atomic mass is 16.6. The Bertz CT molecular complexity index is 325. The van der Waals surface area contributed by atoms with Crippen molar-refractivity contribution in [3.05, 3.63) is 12.7 Å². The minimum Gasteiger partial charge on any atom is -0.463 e. The molecule has 0 aliphatic rings. The first-order valence-corrected chi connectivity index (χ1v) is 8.33. The fourth-order valence-corrected chi connectivity index (χ4v) is 2.19. The van der Waals surface area contributed by atoms with Crippen molar-refractivity contribution in [3.63, 3.8) is 0 Å². The van der Waals surface area contributed by atoms with Gasteiger partial charge in [-0.05, 0) is 33.1 Å². The molecule has 0 N–H and O–H groups in total. The minimum absolute atomic E-state index is 0.0869. The van der Waals surface area contributed by atoms with E-state index in [0.29, 0.717) is 0 Å². The summed E-state index contributed by atoms with van der Waals surface area (Å²) < 4.78 is 10.0. The first-order valence-electron chi connectivity index (χ1n) is 8.33. The molecule has 0 heterocycles. The fourth-order valence-electron chi connectivity index (χ4n) is 2.19. The maximum absolute atomic E-state index is 11.6. The van der Waals surface area contributed by atoms with Gasteiger partial charge in [0.25, 0.3) is 0 Å². The van der Waals surface area contributed by atoms with Gasteiger partial charge in [0.05, 0.1) is 5.92 Å². The van der Waals surface area contributed by atoms with E-state index < -0.39 is 12.1 Å². The number of unbranched alkanes of at least 4 members (excludes halogenated alkanes) is 6. The Morgan fingerprint density at radius 3 is 2.23 bits per heavy atom. The molecule has 4 heteroatoms. The summed E-state index contributed by atoms with van der Waals surface area (Å²) in [5.41, 5.74) is 0. The van der Waals surface area contributed by atoms with Crippen LogP contribution in [0.1, 0.15) is 65.2 Å². The zero-order valence-electron chi connectivity index (χ0n) is 14.4. The van der Waals surface area contributed by atoms with Crippen molar-refractivity contribution in [3.8, 4) is 0 Å². The van der Waals surface area contributed by atoms with E-state index in [9.17, 15) is 9.59 Å². The van der Waals surface area contributed by atoms with Crippen LogP contribution >= 0.6 is 0 Å². The predicted molar refractivity (Wildman–Crippen MR) is 88.7 cm³/mol. The summed E-state index contributed by atoms with van der Waals surface area (Å²) in [5, 5.41) is 0. The maximum Gasteiger partial charge on any atom is 0.334 e. The Hall–Kier alpha value is -1.16. The maximum atomic E-state index is 11.6. The second kappa shape index (κ2) is 13.5. The van der Waals surface area contributed by atoms with Crippen LogP contribution in [0.4, 0.5) is 0 Å².